The molecule has 0 bridgehead atoms. The molecule has 1 N–H and O–H groups in total. The topological polar surface area (TPSA) is 51.5 Å². The fourth-order valence-electron chi connectivity index (χ4n) is 2.84. The SMILES string of the molecule is Cn1nc(-c2ccc(OCNCCCN3CCOCC3)s2)cc1C(F)(F)F. The molecule has 0 radical (unpaired) electrons. The van der Waals surface area contributed by atoms with E-state index in [0.29, 0.717) is 22.4 Å². The van der Waals surface area contributed by atoms with E-state index in [1.54, 1.807) is 12.1 Å². The normalized spacial score (nSPS) is 16.0. The van der Waals surface area contributed by atoms with Gasteiger partial charge in [-0.25, -0.2) is 0 Å². The molecule has 1 saturated heterocycles. The Morgan fingerprint density at radius 1 is 1.30 bits per heavy atom. The van der Waals surface area contributed by atoms with Gasteiger partial charge in [-0.05, 0) is 37.7 Å². The van der Waals surface area contributed by atoms with E-state index in [2.05, 4.69) is 15.3 Å². The van der Waals surface area contributed by atoms with Crippen molar-refractivity contribution in [1.29, 1.82) is 0 Å². The highest BCUT2D eigenvalue weighted by Gasteiger charge is 2.35. The van der Waals surface area contributed by atoms with E-state index < -0.39 is 11.9 Å². The number of ether oxygens (including phenoxy) is 2. The van der Waals surface area contributed by atoms with Gasteiger partial charge in [-0.15, -0.1) is 0 Å². The minimum atomic E-state index is -4.41. The van der Waals surface area contributed by atoms with Gasteiger partial charge in [0.2, 0.25) is 0 Å². The Morgan fingerprint density at radius 2 is 2.07 bits per heavy atom. The minimum absolute atomic E-state index is 0.295. The first-order chi connectivity index (χ1) is 12.9. The smallest absolute Gasteiger partial charge is 0.433 e. The van der Waals surface area contributed by atoms with Crippen LogP contribution in [0.25, 0.3) is 10.6 Å². The molecule has 6 nitrogen and oxygen atoms in total. The fourth-order valence-corrected chi connectivity index (χ4v) is 3.65. The molecule has 0 spiro atoms. The highest BCUT2D eigenvalue weighted by Crippen LogP contribution is 2.36. The maximum Gasteiger partial charge on any atom is 0.433 e. The third-order valence-corrected chi connectivity index (χ3v) is 5.27. The van der Waals surface area contributed by atoms with E-state index in [9.17, 15) is 13.2 Å². The Kier molecular flexibility index (Phi) is 6.74. The molecule has 2 aromatic rings. The number of morpholine rings is 1. The Labute approximate surface area is 159 Å². The van der Waals surface area contributed by atoms with Gasteiger partial charge in [0, 0.05) is 20.1 Å². The van der Waals surface area contributed by atoms with Crippen molar-refractivity contribution in [2.75, 3.05) is 46.1 Å². The lowest BCUT2D eigenvalue weighted by Gasteiger charge is -2.26. The summed E-state index contributed by atoms with van der Waals surface area (Å²) in [6.45, 7) is 5.80. The van der Waals surface area contributed by atoms with Crippen molar-refractivity contribution in [2.45, 2.75) is 12.6 Å². The van der Waals surface area contributed by atoms with Gasteiger partial charge in [0.25, 0.3) is 0 Å². The summed E-state index contributed by atoms with van der Waals surface area (Å²) in [5.74, 6) is 0. The number of alkyl halides is 3. The summed E-state index contributed by atoms with van der Waals surface area (Å²) >= 11 is 1.28. The van der Waals surface area contributed by atoms with Crippen molar-refractivity contribution < 1.29 is 22.6 Å². The van der Waals surface area contributed by atoms with Crippen LogP contribution in [0.3, 0.4) is 0 Å². The lowest BCUT2D eigenvalue weighted by atomic mass is 10.3. The Hall–Kier alpha value is -1.62. The summed E-state index contributed by atoms with van der Waals surface area (Å²) in [7, 11) is 1.29. The van der Waals surface area contributed by atoms with E-state index >= 15 is 0 Å². The molecule has 0 amide bonds. The van der Waals surface area contributed by atoms with Gasteiger partial charge in [0.15, 0.2) is 5.06 Å². The van der Waals surface area contributed by atoms with Gasteiger partial charge in [0.1, 0.15) is 18.1 Å². The summed E-state index contributed by atoms with van der Waals surface area (Å²) in [6.07, 6.45) is -3.39. The quantitative estimate of drug-likeness (QED) is 0.542. The van der Waals surface area contributed by atoms with Crippen LogP contribution in [0.4, 0.5) is 13.2 Å². The zero-order valence-electron chi connectivity index (χ0n) is 15.1. The predicted molar refractivity (Wildman–Crippen MR) is 96.9 cm³/mol. The van der Waals surface area contributed by atoms with Crippen LogP contribution in [0.2, 0.25) is 0 Å². The monoisotopic (exact) mass is 404 g/mol. The van der Waals surface area contributed by atoms with E-state index in [4.69, 9.17) is 9.47 Å². The highest BCUT2D eigenvalue weighted by atomic mass is 32.1. The van der Waals surface area contributed by atoms with Crippen molar-refractivity contribution in [2.24, 2.45) is 7.05 Å². The summed E-state index contributed by atoms with van der Waals surface area (Å²) in [5.41, 5.74) is -0.474. The number of nitrogens with one attached hydrogen (secondary N) is 1. The van der Waals surface area contributed by atoms with Gasteiger partial charge >= 0.3 is 6.18 Å². The summed E-state index contributed by atoms with van der Waals surface area (Å²) < 4.78 is 50.4. The van der Waals surface area contributed by atoms with Crippen molar-refractivity contribution >= 4 is 11.3 Å². The van der Waals surface area contributed by atoms with Gasteiger partial charge in [-0.1, -0.05) is 11.3 Å². The number of aryl methyl sites for hydroxylation is 1. The second-order valence-electron chi connectivity index (χ2n) is 6.25. The number of rotatable bonds is 8. The zero-order valence-corrected chi connectivity index (χ0v) is 15.9. The number of halogens is 3. The molecule has 1 aliphatic heterocycles. The molecule has 150 valence electrons. The van der Waals surface area contributed by atoms with Crippen LogP contribution in [-0.2, 0) is 18.0 Å². The molecular weight excluding hydrogens is 381 g/mol. The van der Waals surface area contributed by atoms with Crippen molar-refractivity contribution in [3.8, 4) is 15.6 Å². The van der Waals surface area contributed by atoms with Crippen LogP contribution in [-0.4, -0.2) is 60.8 Å². The molecule has 3 rings (SSSR count). The van der Waals surface area contributed by atoms with E-state index in [-0.39, 0.29) is 0 Å². The third kappa shape index (κ3) is 5.68. The average Bonchev–Trinajstić information content (AvgIpc) is 3.25. The van der Waals surface area contributed by atoms with Gasteiger partial charge in [0.05, 0.1) is 18.1 Å². The predicted octanol–water partition coefficient (Wildman–Crippen LogP) is 2.82. The molecule has 0 aliphatic carbocycles. The number of hydrogen-bond donors (Lipinski definition) is 1. The summed E-state index contributed by atoms with van der Waals surface area (Å²) in [6, 6.07) is 4.53. The van der Waals surface area contributed by atoms with Crippen LogP contribution < -0.4 is 10.1 Å². The number of hydrogen-bond acceptors (Lipinski definition) is 6. The number of aromatic nitrogens is 2. The third-order valence-electron chi connectivity index (χ3n) is 4.25. The van der Waals surface area contributed by atoms with Crippen LogP contribution in [0.15, 0.2) is 18.2 Å². The van der Waals surface area contributed by atoms with Crippen LogP contribution in [0.5, 0.6) is 5.06 Å². The zero-order chi connectivity index (χ0) is 19.3. The van der Waals surface area contributed by atoms with Gasteiger partial charge in [-0.3, -0.25) is 14.9 Å². The average molecular weight is 404 g/mol. The van der Waals surface area contributed by atoms with Crippen molar-refractivity contribution in [3.05, 3.63) is 23.9 Å². The Morgan fingerprint density at radius 3 is 2.78 bits per heavy atom. The Balaban J connectivity index is 1.41. The fraction of sp³-hybridized carbons (Fsp3) is 0.588. The van der Waals surface area contributed by atoms with E-state index in [1.807, 2.05) is 0 Å². The molecule has 0 atom stereocenters. The number of thiophene rings is 1. The minimum Gasteiger partial charge on any atom is -0.469 e. The van der Waals surface area contributed by atoms with Crippen LogP contribution in [0, 0.1) is 0 Å². The summed E-state index contributed by atoms with van der Waals surface area (Å²) in [5, 5.41) is 7.81. The molecule has 27 heavy (non-hydrogen) atoms. The molecule has 0 saturated carbocycles. The highest BCUT2D eigenvalue weighted by molar-refractivity contribution is 7.17. The summed E-state index contributed by atoms with van der Waals surface area (Å²) in [4.78, 5) is 3.02. The first-order valence-electron chi connectivity index (χ1n) is 8.78. The van der Waals surface area contributed by atoms with Gasteiger partial charge < -0.3 is 9.47 Å². The molecule has 1 aliphatic rings. The second-order valence-corrected chi connectivity index (χ2v) is 7.30. The van der Waals surface area contributed by atoms with E-state index in [1.165, 1.54) is 18.4 Å². The second kappa shape index (κ2) is 9.05. The molecule has 10 heteroatoms. The molecule has 1 fully saturated rings. The van der Waals surface area contributed by atoms with E-state index in [0.717, 1.165) is 56.6 Å². The molecule has 2 aromatic heterocycles. The molecular formula is C17H23F3N4O2S. The van der Waals surface area contributed by atoms with Gasteiger partial charge in [-0.2, -0.15) is 18.3 Å². The standard InChI is InChI=1S/C17H23F3N4O2S/c1-23-15(17(18,19)20)11-13(22-23)14-3-4-16(27-14)26-12-21-5-2-6-24-7-9-25-10-8-24/h3-4,11,21H,2,5-10,12H2,1H3. The molecule has 3 heterocycles. The Bertz CT molecular complexity index is 726. The first kappa shape index (κ1) is 20.1. The largest absolute Gasteiger partial charge is 0.469 e. The molecule has 0 unspecified atom stereocenters. The number of nitrogens with zero attached hydrogens (tertiary/aromatic N) is 3. The molecule has 0 aromatic carbocycles. The van der Waals surface area contributed by atoms with Crippen molar-refractivity contribution in [1.82, 2.24) is 20.0 Å². The maximum absolute atomic E-state index is 12.9. The lowest BCUT2D eigenvalue weighted by Crippen LogP contribution is -2.37. The maximum atomic E-state index is 12.9. The van der Waals surface area contributed by atoms with Crippen LogP contribution >= 0.6 is 11.3 Å². The first-order valence-corrected chi connectivity index (χ1v) is 9.60. The van der Waals surface area contributed by atoms with Crippen molar-refractivity contribution in [3.63, 3.8) is 0 Å². The lowest BCUT2D eigenvalue weighted by molar-refractivity contribution is -0.143. The van der Waals surface area contributed by atoms with Crippen LogP contribution in [0.1, 0.15) is 12.1 Å².